The molecule has 0 saturated heterocycles. The van der Waals surface area contributed by atoms with Gasteiger partial charge in [-0.15, -0.1) is 10.2 Å². The summed E-state index contributed by atoms with van der Waals surface area (Å²) in [6, 6.07) is 5.76. The van der Waals surface area contributed by atoms with Gasteiger partial charge in [-0.2, -0.15) is 0 Å². The van der Waals surface area contributed by atoms with Crippen molar-refractivity contribution in [2.45, 2.75) is 38.9 Å². The van der Waals surface area contributed by atoms with Crippen LogP contribution in [0.2, 0.25) is 0 Å². The first kappa shape index (κ1) is 13.6. The molecule has 0 radical (unpaired) electrons. The van der Waals surface area contributed by atoms with Crippen molar-refractivity contribution in [1.29, 1.82) is 0 Å². The van der Waals surface area contributed by atoms with E-state index in [0.717, 1.165) is 36.6 Å². The Morgan fingerprint density at radius 3 is 3.15 bits per heavy atom. The van der Waals surface area contributed by atoms with Gasteiger partial charge in [0.1, 0.15) is 17.4 Å². The predicted octanol–water partition coefficient (Wildman–Crippen LogP) is 2.54. The topological polar surface area (TPSA) is 63.0 Å². The summed E-state index contributed by atoms with van der Waals surface area (Å²) < 4.78 is 2.91. The van der Waals surface area contributed by atoms with Crippen LogP contribution in [-0.2, 0) is 19.5 Å². The molecule has 0 bridgehead atoms. The van der Waals surface area contributed by atoms with Crippen LogP contribution < -0.4 is 5.32 Å². The maximum atomic E-state index is 9.98. The van der Waals surface area contributed by atoms with Crippen molar-refractivity contribution in [2.24, 2.45) is 0 Å². The van der Waals surface area contributed by atoms with E-state index >= 15 is 0 Å². The molecule has 1 atom stereocenters. The number of phenols is 1. The summed E-state index contributed by atoms with van der Waals surface area (Å²) in [5.74, 6) is 2.35. The fourth-order valence-electron chi connectivity index (χ4n) is 2.55. The Kier molecular flexibility index (Phi) is 3.76. The van der Waals surface area contributed by atoms with E-state index in [1.165, 1.54) is 0 Å². The zero-order valence-corrected chi connectivity index (χ0v) is 12.9. The molecular weight excluding hydrogens is 320 g/mol. The number of para-hydroxylation sites is 1. The molecule has 106 valence electrons. The van der Waals surface area contributed by atoms with Crippen molar-refractivity contribution in [3.05, 3.63) is 39.9 Å². The van der Waals surface area contributed by atoms with Crippen molar-refractivity contribution >= 4 is 15.9 Å². The zero-order chi connectivity index (χ0) is 14.1. The van der Waals surface area contributed by atoms with Gasteiger partial charge in [0.25, 0.3) is 0 Å². The Labute approximate surface area is 126 Å². The summed E-state index contributed by atoms with van der Waals surface area (Å²) >= 11 is 3.33. The minimum absolute atomic E-state index is 0.104. The van der Waals surface area contributed by atoms with Crippen LogP contribution in [0.4, 0.5) is 0 Å². The Balaban J connectivity index is 1.70. The van der Waals surface area contributed by atoms with Crippen LogP contribution in [0.3, 0.4) is 0 Å². The first-order valence-electron chi connectivity index (χ1n) is 6.78. The predicted molar refractivity (Wildman–Crippen MR) is 79.4 cm³/mol. The highest BCUT2D eigenvalue weighted by Crippen LogP contribution is 2.28. The largest absolute Gasteiger partial charge is 0.506 e. The van der Waals surface area contributed by atoms with Gasteiger partial charge in [0.2, 0.25) is 0 Å². The molecule has 2 N–H and O–H groups in total. The van der Waals surface area contributed by atoms with Gasteiger partial charge >= 0.3 is 0 Å². The highest BCUT2D eigenvalue weighted by atomic mass is 79.9. The van der Waals surface area contributed by atoms with Gasteiger partial charge < -0.3 is 15.0 Å². The zero-order valence-electron chi connectivity index (χ0n) is 11.3. The van der Waals surface area contributed by atoms with Crippen LogP contribution in [-0.4, -0.2) is 19.9 Å². The third-order valence-corrected chi connectivity index (χ3v) is 4.33. The number of aromatic hydroxyl groups is 1. The van der Waals surface area contributed by atoms with E-state index in [0.29, 0.717) is 16.8 Å². The molecule has 0 fully saturated rings. The number of rotatable bonds is 4. The van der Waals surface area contributed by atoms with Crippen molar-refractivity contribution in [3.63, 3.8) is 0 Å². The van der Waals surface area contributed by atoms with E-state index in [1.807, 2.05) is 18.2 Å². The van der Waals surface area contributed by atoms with E-state index in [1.54, 1.807) is 0 Å². The third kappa shape index (κ3) is 2.45. The maximum Gasteiger partial charge on any atom is 0.149 e. The average Bonchev–Trinajstić information content (AvgIpc) is 3.02. The van der Waals surface area contributed by atoms with Crippen molar-refractivity contribution < 1.29 is 5.11 Å². The number of nitrogens with one attached hydrogen (secondary N) is 1. The highest BCUT2D eigenvalue weighted by Gasteiger charge is 2.21. The number of fused-ring (bicyclic) bond motifs is 1. The number of aryl methyl sites for hydroxylation is 1. The first-order valence-corrected chi connectivity index (χ1v) is 7.58. The Hall–Kier alpha value is -1.40. The molecule has 0 aliphatic carbocycles. The van der Waals surface area contributed by atoms with E-state index < -0.39 is 0 Å². The monoisotopic (exact) mass is 336 g/mol. The van der Waals surface area contributed by atoms with Crippen LogP contribution in [0.25, 0.3) is 0 Å². The highest BCUT2D eigenvalue weighted by molar-refractivity contribution is 9.10. The standard InChI is InChI=1S/C14H17BrN4O/c1-9(14-18-17-12-6-3-7-19(12)14)16-8-10-4-2-5-11(15)13(10)20/h2,4-5,9,16,20H,3,6-8H2,1H3. The van der Waals surface area contributed by atoms with Crippen LogP contribution in [0.5, 0.6) is 5.75 Å². The van der Waals surface area contributed by atoms with Crippen molar-refractivity contribution in [1.82, 2.24) is 20.1 Å². The second kappa shape index (κ2) is 5.54. The summed E-state index contributed by atoms with van der Waals surface area (Å²) in [5.41, 5.74) is 0.868. The van der Waals surface area contributed by atoms with Gasteiger partial charge in [-0.3, -0.25) is 0 Å². The molecule has 0 saturated carbocycles. The molecule has 6 heteroatoms. The number of hydrogen-bond acceptors (Lipinski definition) is 4. The Morgan fingerprint density at radius 1 is 1.45 bits per heavy atom. The van der Waals surface area contributed by atoms with E-state index in [-0.39, 0.29) is 6.04 Å². The Morgan fingerprint density at radius 2 is 2.30 bits per heavy atom. The van der Waals surface area contributed by atoms with Crippen molar-refractivity contribution in [2.75, 3.05) is 0 Å². The maximum absolute atomic E-state index is 9.98. The normalized spacial score (nSPS) is 15.3. The first-order chi connectivity index (χ1) is 9.66. The fraction of sp³-hybridized carbons (Fsp3) is 0.429. The van der Waals surface area contributed by atoms with E-state index in [2.05, 4.69) is 42.9 Å². The summed E-state index contributed by atoms with van der Waals surface area (Å²) in [4.78, 5) is 0. The van der Waals surface area contributed by atoms with Crippen LogP contribution >= 0.6 is 15.9 Å². The lowest BCUT2D eigenvalue weighted by Gasteiger charge is -2.14. The fourth-order valence-corrected chi connectivity index (χ4v) is 2.96. The SMILES string of the molecule is CC(NCc1cccc(Br)c1O)c1nnc2n1CCC2. The molecule has 0 spiro atoms. The van der Waals surface area contributed by atoms with Crippen LogP contribution in [0.1, 0.15) is 36.6 Å². The summed E-state index contributed by atoms with van der Waals surface area (Å²) in [6.45, 7) is 3.67. The van der Waals surface area contributed by atoms with Crippen LogP contribution in [0.15, 0.2) is 22.7 Å². The number of phenolic OH excluding ortho intramolecular Hbond substituents is 1. The average molecular weight is 337 g/mol. The Bertz CT molecular complexity index is 626. The number of aromatic nitrogens is 3. The van der Waals surface area contributed by atoms with Gasteiger partial charge in [0.05, 0.1) is 10.5 Å². The molecule has 1 aliphatic heterocycles. The quantitative estimate of drug-likeness (QED) is 0.900. The molecule has 20 heavy (non-hydrogen) atoms. The number of halogens is 1. The minimum atomic E-state index is 0.104. The van der Waals surface area contributed by atoms with Gasteiger partial charge in [-0.1, -0.05) is 12.1 Å². The summed E-state index contributed by atoms with van der Waals surface area (Å²) in [5, 5.41) is 21.9. The van der Waals surface area contributed by atoms with E-state index in [9.17, 15) is 5.11 Å². The van der Waals surface area contributed by atoms with Gasteiger partial charge in [0, 0.05) is 25.1 Å². The van der Waals surface area contributed by atoms with Gasteiger partial charge in [-0.05, 0) is 35.3 Å². The molecule has 1 unspecified atom stereocenters. The van der Waals surface area contributed by atoms with Gasteiger partial charge in [-0.25, -0.2) is 0 Å². The molecule has 2 heterocycles. The molecule has 1 aromatic carbocycles. The number of benzene rings is 1. The molecule has 5 nitrogen and oxygen atoms in total. The lowest BCUT2D eigenvalue weighted by molar-refractivity contribution is 0.453. The molecule has 2 aromatic rings. The lowest BCUT2D eigenvalue weighted by atomic mass is 10.2. The molecule has 1 aromatic heterocycles. The number of nitrogens with zero attached hydrogens (tertiary/aromatic N) is 3. The lowest BCUT2D eigenvalue weighted by Crippen LogP contribution is -2.21. The molecule has 0 amide bonds. The third-order valence-electron chi connectivity index (χ3n) is 3.69. The second-order valence-electron chi connectivity index (χ2n) is 5.08. The van der Waals surface area contributed by atoms with Crippen molar-refractivity contribution in [3.8, 4) is 5.75 Å². The molecular formula is C14H17BrN4O. The van der Waals surface area contributed by atoms with Gasteiger partial charge in [0.15, 0.2) is 0 Å². The van der Waals surface area contributed by atoms with Crippen LogP contribution in [0, 0.1) is 0 Å². The molecule has 3 rings (SSSR count). The summed E-state index contributed by atoms with van der Waals surface area (Å²) in [6.07, 6.45) is 2.17. The number of hydrogen-bond donors (Lipinski definition) is 2. The minimum Gasteiger partial charge on any atom is -0.506 e. The molecule has 1 aliphatic rings. The smallest absolute Gasteiger partial charge is 0.149 e. The summed E-state index contributed by atoms with van der Waals surface area (Å²) in [7, 11) is 0. The van der Waals surface area contributed by atoms with E-state index in [4.69, 9.17) is 0 Å². The second-order valence-corrected chi connectivity index (χ2v) is 5.93.